The number of carboxylic acid groups (broad SMARTS) is 3. The molecule has 0 spiro atoms. The van der Waals surface area contributed by atoms with E-state index in [1.165, 1.54) is 6.08 Å². The van der Waals surface area contributed by atoms with Crippen LogP contribution in [0.15, 0.2) is 52.9 Å². The zero-order valence-corrected chi connectivity index (χ0v) is 13.6. The van der Waals surface area contributed by atoms with Gasteiger partial charge in [0.15, 0.2) is 0 Å². The van der Waals surface area contributed by atoms with Crippen LogP contribution in [-0.2, 0) is 14.4 Å². The minimum atomic E-state index is -1.24. The Morgan fingerprint density at radius 1 is 0.960 bits per heavy atom. The second-order valence-electron chi connectivity index (χ2n) is 5.55. The van der Waals surface area contributed by atoms with Crippen molar-refractivity contribution in [2.75, 3.05) is 0 Å². The van der Waals surface area contributed by atoms with Crippen molar-refractivity contribution >= 4 is 24.0 Å². The third kappa shape index (κ3) is 3.60. The molecule has 0 radical (unpaired) electrons. The van der Waals surface area contributed by atoms with Crippen molar-refractivity contribution in [3.05, 3.63) is 64.0 Å². The number of dihydropyridines is 1. The van der Waals surface area contributed by atoms with E-state index in [0.717, 1.165) is 6.08 Å². The number of allylic oxidation sites excluding steroid dienone is 2. The van der Waals surface area contributed by atoms with Gasteiger partial charge in [0.2, 0.25) is 0 Å². The van der Waals surface area contributed by atoms with Gasteiger partial charge in [-0.2, -0.15) is 0 Å². The van der Waals surface area contributed by atoms with Crippen molar-refractivity contribution < 1.29 is 29.7 Å². The number of hydrogen-bond donors (Lipinski definition) is 4. The van der Waals surface area contributed by atoms with E-state index >= 15 is 0 Å². The van der Waals surface area contributed by atoms with E-state index in [4.69, 9.17) is 5.11 Å². The molecule has 0 atom stereocenters. The SMILES string of the molecule is CC1=C(C(=O)O)C(c2ccccc2C=CC(=O)O)C(C(=O)O)=C(C)N1. The van der Waals surface area contributed by atoms with Gasteiger partial charge < -0.3 is 20.6 Å². The molecule has 1 aliphatic heterocycles. The van der Waals surface area contributed by atoms with Crippen LogP contribution in [0, 0.1) is 0 Å². The number of carbonyl (C=O) groups is 3. The van der Waals surface area contributed by atoms with Crippen molar-refractivity contribution in [3.8, 4) is 0 Å². The summed E-state index contributed by atoms with van der Waals surface area (Å²) in [5.41, 5.74) is 1.37. The highest BCUT2D eigenvalue weighted by Gasteiger charge is 2.37. The summed E-state index contributed by atoms with van der Waals surface area (Å²) in [5, 5.41) is 30.9. The average molecular weight is 343 g/mol. The molecule has 0 bridgehead atoms. The molecule has 0 aromatic heterocycles. The van der Waals surface area contributed by atoms with E-state index in [9.17, 15) is 24.6 Å². The van der Waals surface area contributed by atoms with E-state index in [0.29, 0.717) is 22.5 Å². The molecule has 25 heavy (non-hydrogen) atoms. The van der Waals surface area contributed by atoms with Gasteiger partial charge in [0.05, 0.1) is 17.1 Å². The molecule has 0 aliphatic carbocycles. The van der Waals surface area contributed by atoms with Crippen LogP contribution in [0.5, 0.6) is 0 Å². The first-order valence-electron chi connectivity index (χ1n) is 7.39. The largest absolute Gasteiger partial charge is 0.478 e. The minimum Gasteiger partial charge on any atom is -0.478 e. The fraction of sp³-hybridized carbons (Fsp3) is 0.167. The summed E-state index contributed by atoms with van der Waals surface area (Å²) in [6.45, 7) is 3.13. The van der Waals surface area contributed by atoms with Gasteiger partial charge in [-0.3, -0.25) is 0 Å². The van der Waals surface area contributed by atoms with E-state index in [-0.39, 0.29) is 11.1 Å². The first-order chi connectivity index (χ1) is 11.7. The second-order valence-corrected chi connectivity index (χ2v) is 5.55. The van der Waals surface area contributed by atoms with Gasteiger partial charge in [-0.25, -0.2) is 14.4 Å². The molecule has 7 heteroatoms. The number of nitrogens with one attached hydrogen (secondary N) is 1. The number of benzene rings is 1. The second kappa shape index (κ2) is 7.04. The van der Waals surface area contributed by atoms with E-state index in [2.05, 4.69) is 5.32 Å². The van der Waals surface area contributed by atoms with Crippen molar-refractivity contribution in [1.82, 2.24) is 5.32 Å². The average Bonchev–Trinajstić information content (AvgIpc) is 2.51. The monoisotopic (exact) mass is 343 g/mol. The van der Waals surface area contributed by atoms with Crippen LogP contribution in [0.25, 0.3) is 6.08 Å². The lowest BCUT2D eigenvalue weighted by molar-refractivity contribution is -0.134. The standard InChI is InChI=1S/C18H17NO6/c1-9-14(17(22)23)16(15(18(24)25)10(2)19-9)12-6-4-3-5-11(12)7-8-13(20)21/h3-8,16,19H,1-2H3,(H,20,21)(H,22,23)(H,24,25). The predicted molar refractivity (Wildman–Crippen MR) is 89.7 cm³/mol. The van der Waals surface area contributed by atoms with Gasteiger partial charge in [-0.15, -0.1) is 0 Å². The molecule has 1 aliphatic rings. The molecule has 2 rings (SSSR count). The number of hydrogen-bond acceptors (Lipinski definition) is 4. The van der Waals surface area contributed by atoms with Crippen LogP contribution in [-0.4, -0.2) is 33.2 Å². The van der Waals surface area contributed by atoms with Crippen LogP contribution in [0.2, 0.25) is 0 Å². The zero-order valence-electron chi connectivity index (χ0n) is 13.6. The zero-order chi connectivity index (χ0) is 18.7. The smallest absolute Gasteiger partial charge is 0.334 e. The molecule has 1 aromatic rings. The third-order valence-corrected chi connectivity index (χ3v) is 3.93. The Labute approximate surface area is 143 Å². The quantitative estimate of drug-likeness (QED) is 0.604. The Bertz CT molecular complexity index is 811. The lowest BCUT2D eigenvalue weighted by atomic mass is 9.78. The minimum absolute atomic E-state index is 0.0841. The summed E-state index contributed by atoms with van der Waals surface area (Å²) in [6, 6.07) is 6.53. The van der Waals surface area contributed by atoms with Gasteiger partial charge in [-0.05, 0) is 31.1 Å². The third-order valence-electron chi connectivity index (χ3n) is 3.93. The molecule has 7 nitrogen and oxygen atoms in total. The summed E-state index contributed by atoms with van der Waals surface area (Å²) in [7, 11) is 0. The first kappa shape index (κ1) is 18.0. The maximum Gasteiger partial charge on any atom is 0.334 e. The van der Waals surface area contributed by atoms with Gasteiger partial charge in [-0.1, -0.05) is 24.3 Å². The summed E-state index contributed by atoms with van der Waals surface area (Å²) >= 11 is 0. The molecule has 0 saturated heterocycles. The van der Waals surface area contributed by atoms with Crippen LogP contribution in [0.3, 0.4) is 0 Å². The van der Waals surface area contributed by atoms with Gasteiger partial charge >= 0.3 is 17.9 Å². The van der Waals surface area contributed by atoms with Crippen molar-refractivity contribution in [3.63, 3.8) is 0 Å². The summed E-state index contributed by atoms with van der Waals surface area (Å²) < 4.78 is 0. The highest BCUT2D eigenvalue weighted by atomic mass is 16.4. The topological polar surface area (TPSA) is 124 Å². The Morgan fingerprint density at radius 2 is 1.48 bits per heavy atom. The van der Waals surface area contributed by atoms with Gasteiger partial charge in [0.25, 0.3) is 0 Å². The summed E-state index contributed by atoms with van der Waals surface area (Å²) in [4.78, 5) is 34.4. The lowest BCUT2D eigenvalue weighted by Gasteiger charge is -2.29. The predicted octanol–water partition coefficient (Wildman–Crippen LogP) is 2.19. The normalized spacial score (nSPS) is 15.4. The Kier molecular flexibility index (Phi) is 5.07. The fourth-order valence-electron chi connectivity index (χ4n) is 2.96. The lowest BCUT2D eigenvalue weighted by Crippen LogP contribution is -2.31. The van der Waals surface area contributed by atoms with Gasteiger partial charge in [0, 0.05) is 17.5 Å². The molecule has 4 N–H and O–H groups in total. The fourth-order valence-corrected chi connectivity index (χ4v) is 2.96. The van der Waals surface area contributed by atoms with E-state index in [1.807, 2.05) is 0 Å². The molecule has 0 saturated carbocycles. The van der Waals surface area contributed by atoms with Crippen LogP contribution in [0.4, 0.5) is 0 Å². The Morgan fingerprint density at radius 3 is 1.96 bits per heavy atom. The van der Waals surface area contributed by atoms with Crippen LogP contribution >= 0.6 is 0 Å². The summed E-state index contributed by atoms with van der Waals surface area (Å²) in [5.74, 6) is -4.65. The number of aliphatic carboxylic acids is 3. The van der Waals surface area contributed by atoms with Gasteiger partial charge in [0.1, 0.15) is 0 Å². The van der Waals surface area contributed by atoms with Crippen molar-refractivity contribution in [2.24, 2.45) is 0 Å². The van der Waals surface area contributed by atoms with Crippen LogP contribution < -0.4 is 5.32 Å². The molecular formula is C18H17NO6. The van der Waals surface area contributed by atoms with E-state index < -0.39 is 23.8 Å². The highest BCUT2D eigenvalue weighted by Crippen LogP contribution is 2.39. The Hall–Kier alpha value is -3.35. The van der Waals surface area contributed by atoms with Crippen molar-refractivity contribution in [2.45, 2.75) is 19.8 Å². The molecule has 1 aromatic carbocycles. The molecule has 0 fully saturated rings. The number of carboxylic acids is 3. The highest BCUT2D eigenvalue weighted by molar-refractivity contribution is 5.99. The van der Waals surface area contributed by atoms with E-state index in [1.54, 1.807) is 38.1 Å². The maximum atomic E-state index is 11.8. The maximum absolute atomic E-state index is 11.8. The molecule has 1 heterocycles. The molecule has 0 amide bonds. The molecular weight excluding hydrogens is 326 g/mol. The van der Waals surface area contributed by atoms with Crippen molar-refractivity contribution in [1.29, 1.82) is 0 Å². The Balaban J connectivity index is 2.75. The first-order valence-corrected chi connectivity index (χ1v) is 7.39. The molecule has 0 unspecified atom stereocenters. The van der Waals surface area contributed by atoms with Crippen LogP contribution in [0.1, 0.15) is 30.9 Å². The summed E-state index contributed by atoms with van der Waals surface area (Å²) in [6.07, 6.45) is 2.25. The number of rotatable bonds is 5. The molecule has 130 valence electrons.